The molecule has 0 bridgehead atoms. The summed E-state index contributed by atoms with van der Waals surface area (Å²) in [6, 6.07) is 4.79. The van der Waals surface area contributed by atoms with Crippen LogP contribution in [0, 0.1) is 12.8 Å². The monoisotopic (exact) mass is 290 g/mol. The van der Waals surface area contributed by atoms with Crippen LogP contribution in [-0.4, -0.2) is 48.6 Å². The summed E-state index contributed by atoms with van der Waals surface area (Å²) in [4.78, 5) is 6.91. The lowest BCUT2D eigenvalue weighted by molar-refractivity contribution is 0.181. The number of likely N-dealkylation sites (tertiary alicyclic amines) is 1. The van der Waals surface area contributed by atoms with E-state index >= 15 is 0 Å². The van der Waals surface area contributed by atoms with Crippen molar-refractivity contribution in [2.45, 2.75) is 39.7 Å². The SMILES string of the molecule is Cc1ccnc(NCCNC2CCN(CC(C)C)CC2)c1. The van der Waals surface area contributed by atoms with E-state index < -0.39 is 0 Å². The molecule has 0 saturated carbocycles. The number of anilines is 1. The molecule has 0 radical (unpaired) electrons. The Morgan fingerprint density at radius 1 is 1.29 bits per heavy atom. The molecular weight excluding hydrogens is 260 g/mol. The molecule has 0 amide bonds. The molecule has 2 heterocycles. The van der Waals surface area contributed by atoms with Gasteiger partial charge in [-0.2, -0.15) is 0 Å². The van der Waals surface area contributed by atoms with E-state index in [0.29, 0.717) is 6.04 Å². The van der Waals surface area contributed by atoms with Crippen LogP contribution in [0.3, 0.4) is 0 Å². The molecule has 4 nitrogen and oxygen atoms in total. The van der Waals surface area contributed by atoms with Crippen LogP contribution in [0.4, 0.5) is 5.82 Å². The van der Waals surface area contributed by atoms with E-state index in [9.17, 15) is 0 Å². The van der Waals surface area contributed by atoms with Gasteiger partial charge in [0.25, 0.3) is 0 Å². The molecule has 0 unspecified atom stereocenters. The third kappa shape index (κ3) is 6.02. The van der Waals surface area contributed by atoms with Crippen LogP contribution in [0.1, 0.15) is 32.3 Å². The Morgan fingerprint density at radius 3 is 2.71 bits per heavy atom. The van der Waals surface area contributed by atoms with E-state index in [0.717, 1.165) is 24.8 Å². The molecule has 1 aliphatic rings. The molecule has 1 aliphatic heterocycles. The largest absolute Gasteiger partial charge is 0.369 e. The Bertz CT molecular complexity index is 411. The number of hydrogen-bond donors (Lipinski definition) is 2. The van der Waals surface area contributed by atoms with Crippen molar-refractivity contribution in [2.24, 2.45) is 5.92 Å². The summed E-state index contributed by atoms with van der Waals surface area (Å²) in [6.45, 7) is 12.4. The highest BCUT2D eigenvalue weighted by Gasteiger charge is 2.18. The number of nitrogens with zero attached hydrogens (tertiary/aromatic N) is 2. The first-order chi connectivity index (χ1) is 10.1. The second-order valence-corrected chi connectivity index (χ2v) is 6.57. The van der Waals surface area contributed by atoms with Crippen LogP contribution in [0.2, 0.25) is 0 Å². The molecule has 1 saturated heterocycles. The Balaban J connectivity index is 1.58. The predicted octanol–water partition coefficient (Wildman–Crippen LogP) is 2.51. The van der Waals surface area contributed by atoms with Gasteiger partial charge in [-0.05, 0) is 56.5 Å². The highest BCUT2D eigenvalue weighted by molar-refractivity contribution is 5.36. The van der Waals surface area contributed by atoms with Crippen LogP contribution in [0.5, 0.6) is 0 Å². The first-order valence-electron chi connectivity index (χ1n) is 8.26. The van der Waals surface area contributed by atoms with Gasteiger partial charge in [-0.1, -0.05) is 13.8 Å². The van der Waals surface area contributed by atoms with E-state index in [1.807, 2.05) is 12.3 Å². The van der Waals surface area contributed by atoms with Gasteiger partial charge in [-0.3, -0.25) is 0 Å². The quantitative estimate of drug-likeness (QED) is 0.757. The molecule has 2 N–H and O–H groups in total. The molecule has 1 aromatic heterocycles. The topological polar surface area (TPSA) is 40.2 Å². The molecule has 0 atom stereocenters. The Kier molecular flexibility index (Phi) is 6.46. The maximum absolute atomic E-state index is 4.32. The Hall–Kier alpha value is -1.13. The van der Waals surface area contributed by atoms with Crippen LogP contribution < -0.4 is 10.6 Å². The minimum atomic E-state index is 0.681. The fourth-order valence-corrected chi connectivity index (χ4v) is 2.94. The maximum Gasteiger partial charge on any atom is 0.126 e. The van der Waals surface area contributed by atoms with Gasteiger partial charge >= 0.3 is 0 Å². The summed E-state index contributed by atoms with van der Waals surface area (Å²) in [7, 11) is 0. The predicted molar refractivity (Wildman–Crippen MR) is 89.8 cm³/mol. The average Bonchev–Trinajstić information content (AvgIpc) is 2.45. The maximum atomic E-state index is 4.32. The molecule has 118 valence electrons. The van der Waals surface area contributed by atoms with Crippen molar-refractivity contribution in [3.63, 3.8) is 0 Å². The van der Waals surface area contributed by atoms with E-state index in [-0.39, 0.29) is 0 Å². The number of aromatic nitrogens is 1. The van der Waals surface area contributed by atoms with Gasteiger partial charge in [-0.15, -0.1) is 0 Å². The van der Waals surface area contributed by atoms with Crippen LogP contribution in [-0.2, 0) is 0 Å². The molecule has 1 fully saturated rings. The van der Waals surface area contributed by atoms with Crippen molar-refractivity contribution in [3.05, 3.63) is 23.9 Å². The lowest BCUT2D eigenvalue weighted by Gasteiger charge is -2.33. The van der Waals surface area contributed by atoms with Gasteiger partial charge in [-0.25, -0.2) is 4.98 Å². The number of hydrogen-bond acceptors (Lipinski definition) is 4. The second-order valence-electron chi connectivity index (χ2n) is 6.57. The van der Waals surface area contributed by atoms with Gasteiger partial charge in [0.15, 0.2) is 0 Å². The zero-order valence-electron chi connectivity index (χ0n) is 13.7. The molecule has 21 heavy (non-hydrogen) atoms. The lowest BCUT2D eigenvalue weighted by atomic mass is 10.0. The molecule has 4 heteroatoms. The number of rotatable bonds is 7. The molecule has 0 aromatic carbocycles. The van der Waals surface area contributed by atoms with Crippen LogP contribution in [0.15, 0.2) is 18.3 Å². The summed E-state index contributed by atoms with van der Waals surface area (Å²) in [6.07, 6.45) is 4.40. The van der Waals surface area contributed by atoms with E-state index in [2.05, 4.69) is 47.4 Å². The minimum Gasteiger partial charge on any atom is -0.369 e. The first-order valence-corrected chi connectivity index (χ1v) is 8.26. The fraction of sp³-hybridized carbons (Fsp3) is 0.706. The van der Waals surface area contributed by atoms with E-state index in [1.54, 1.807) is 0 Å². The van der Waals surface area contributed by atoms with Crippen molar-refractivity contribution < 1.29 is 0 Å². The second kappa shape index (κ2) is 8.35. The standard InChI is InChI=1S/C17H30N4/c1-14(2)13-21-10-5-16(6-11-21)18-8-9-20-17-12-15(3)4-7-19-17/h4,7,12,14,16,18H,5-6,8-11,13H2,1-3H3,(H,19,20). The van der Waals surface area contributed by atoms with Crippen molar-refractivity contribution in [2.75, 3.05) is 38.0 Å². The zero-order valence-corrected chi connectivity index (χ0v) is 13.7. The summed E-state index contributed by atoms with van der Waals surface area (Å²) in [5.74, 6) is 1.75. The van der Waals surface area contributed by atoms with Gasteiger partial charge in [0.05, 0.1) is 0 Å². The normalized spacial score (nSPS) is 17.3. The zero-order chi connectivity index (χ0) is 15.1. The molecule has 1 aromatic rings. The van der Waals surface area contributed by atoms with Crippen molar-refractivity contribution >= 4 is 5.82 Å². The number of piperidine rings is 1. The minimum absolute atomic E-state index is 0.681. The number of aryl methyl sites for hydroxylation is 1. The lowest BCUT2D eigenvalue weighted by Crippen LogP contribution is -2.44. The van der Waals surface area contributed by atoms with Crippen molar-refractivity contribution in [1.82, 2.24) is 15.2 Å². The Labute approximate surface area is 129 Å². The summed E-state index contributed by atoms with van der Waals surface area (Å²) in [5, 5.41) is 7.04. The summed E-state index contributed by atoms with van der Waals surface area (Å²) in [5.41, 5.74) is 1.25. The third-order valence-electron chi connectivity index (χ3n) is 3.99. The highest BCUT2D eigenvalue weighted by Crippen LogP contribution is 2.12. The van der Waals surface area contributed by atoms with Gasteiger partial charge in [0, 0.05) is 31.9 Å². The summed E-state index contributed by atoms with van der Waals surface area (Å²) >= 11 is 0. The first kappa shape index (κ1) is 16.2. The summed E-state index contributed by atoms with van der Waals surface area (Å²) < 4.78 is 0. The van der Waals surface area contributed by atoms with Gasteiger partial charge in [0.2, 0.25) is 0 Å². The van der Waals surface area contributed by atoms with Crippen LogP contribution in [0.25, 0.3) is 0 Å². The fourth-order valence-electron chi connectivity index (χ4n) is 2.94. The van der Waals surface area contributed by atoms with Gasteiger partial charge in [0.1, 0.15) is 5.82 Å². The number of nitrogens with one attached hydrogen (secondary N) is 2. The van der Waals surface area contributed by atoms with Crippen molar-refractivity contribution in [1.29, 1.82) is 0 Å². The third-order valence-corrected chi connectivity index (χ3v) is 3.99. The van der Waals surface area contributed by atoms with E-state index in [1.165, 1.54) is 38.0 Å². The smallest absolute Gasteiger partial charge is 0.126 e. The van der Waals surface area contributed by atoms with Crippen LogP contribution >= 0.6 is 0 Å². The molecule has 0 spiro atoms. The van der Waals surface area contributed by atoms with Crippen molar-refractivity contribution in [3.8, 4) is 0 Å². The van der Waals surface area contributed by atoms with Gasteiger partial charge < -0.3 is 15.5 Å². The molecular formula is C17H30N4. The number of pyridine rings is 1. The van der Waals surface area contributed by atoms with E-state index in [4.69, 9.17) is 0 Å². The molecule has 2 rings (SSSR count). The molecule has 0 aliphatic carbocycles. The average molecular weight is 290 g/mol. The highest BCUT2D eigenvalue weighted by atomic mass is 15.1. The Morgan fingerprint density at radius 2 is 2.05 bits per heavy atom.